The standard InChI is InChI=1S/C16H16O4S/c1-11-3-8-14-15(9-11)20-16(19-14)10-12-4-6-13(7-5-12)21(2,17)18/h3-9,16H,10H2,1-2H3. The first-order valence-corrected chi connectivity index (χ1v) is 8.54. The Hall–Kier alpha value is -2.01. The highest BCUT2D eigenvalue weighted by atomic mass is 32.2. The molecule has 0 amide bonds. The number of benzene rings is 2. The number of rotatable bonds is 3. The van der Waals surface area contributed by atoms with Crippen LogP contribution in [0.3, 0.4) is 0 Å². The smallest absolute Gasteiger partial charge is 0.245 e. The second-order valence-electron chi connectivity index (χ2n) is 5.24. The van der Waals surface area contributed by atoms with Crippen molar-refractivity contribution < 1.29 is 17.9 Å². The van der Waals surface area contributed by atoms with Crippen LogP contribution in [0.15, 0.2) is 47.4 Å². The van der Waals surface area contributed by atoms with Crippen molar-refractivity contribution >= 4 is 9.84 Å². The molecule has 0 aliphatic carbocycles. The molecule has 21 heavy (non-hydrogen) atoms. The SMILES string of the molecule is Cc1ccc2c(c1)OC(Cc1ccc(S(C)(=O)=O)cc1)O2. The predicted molar refractivity (Wildman–Crippen MR) is 79.5 cm³/mol. The number of aryl methyl sites for hydroxylation is 1. The number of sulfone groups is 1. The number of ether oxygens (including phenoxy) is 2. The molecule has 0 fully saturated rings. The van der Waals surface area contributed by atoms with Gasteiger partial charge in [-0.25, -0.2) is 8.42 Å². The van der Waals surface area contributed by atoms with Gasteiger partial charge in [0.2, 0.25) is 6.29 Å². The van der Waals surface area contributed by atoms with E-state index in [0.29, 0.717) is 11.3 Å². The van der Waals surface area contributed by atoms with Crippen LogP contribution >= 0.6 is 0 Å². The number of fused-ring (bicyclic) bond motifs is 1. The van der Waals surface area contributed by atoms with Gasteiger partial charge in [-0.3, -0.25) is 0 Å². The average molecular weight is 304 g/mol. The number of hydrogen-bond donors (Lipinski definition) is 0. The first-order valence-electron chi connectivity index (χ1n) is 6.65. The highest BCUT2D eigenvalue weighted by Gasteiger charge is 2.24. The summed E-state index contributed by atoms with van der Waals surface area (Å²) in [5.74, 6) is 1.51. The molecule has 2 aromatic rings. The third-order valence-corrected chi connectivity index (χ3v) is 4.50. The minimum atomic E-state index is -3.16. The molecule has 0 bridgehead atoms. The molecule has 110 valence electrons. The van der Waals surface area contributed by atoms with Crippen LogP contribution in [0.4, 0.5) is 0 Å². The summed E-state index contributed by atoms with van der Waals surface area (Å²) in [7, 11) is -3.16. The molecule has 0 radical (unpaired) electrons. The van der Waals surface area contributed by atoms with Crippen LogP contribution in [0, 0.1) is 6.92 Å². The van der Waals surface area contributed by atoms with Crippen LogP contribution in [-0.4, -0.2) is 21.0 Å². The van der Waals surface area contributed by atoms with Crippen molar-refractivity contribution in [2.24, 2.45) is 0 Å². The molecular formula is C16H16O4S. The van der Waals surface area contributed by atoms with Crippen molar-refractivity contribution in [3.63, 3.8) is 0 Å². The summed E-state index contributed by atoms with van der Waals surface area (Å²) in [4.78, 5) is 0.318. The van der Waals surface area contributed by atoms with Gasteiger partial charge in [0, 0.05) is 12.7 Å². The molecule has 2 aromatic carbocycles. The molecule has 4 nitrogen and oxygen atoms in total. The molecule has 1 aliphatic heterocycles. The lowest BCUT2D eigenvalue weighted by atomic mass is 10.1. The first-order chi connectivity index (χ1) is 9.91. The van der Waals surface area contributed by atoms with Gasteiger partial charge < -0.3 is 9.47 Å². The maximum Gasteiger partial charge on any atom is 0.245 e. The Bertz CT molecular complexity index is 763. The van der Waals surface area contributed by atoms with Crippen molar-refractivity contribution in [1.82, 2.24) is 0 Å². The Morgan fingerprint density at radius 3 is 2.33 bits per heavy atom. The third-order valence-electron chi connectivity index (χ3n) is 3.37. The summed E-state index contributed by atoms with van der Waals surface area (Å²) in [5.41, 5.74) is 2.09. The lowest BCUT2D eigenvalue weighted by molar-refractivity contribution is 0.0502. The van der Waals surface area contributed by atoms with Gasteiger partial charge in [-0.05, 0) is 42.3 Å². The van der Waals surface area contributed by atoms with Crippen LogP contribution in [-0.2, 0) is 16.3 Å². The van der Waals surface area contributed by atoms with E-state index < -0.39 is 9.84 Å². The Balaban J connectivity index is 1.72. The topological polar surface area (TPSA) is 52.6 Å². The fourth-order valence-corrected chi connectivity index (χ4v) is 2.89. The minimum absolute atomic E-state index is 0.318. The second kappa shape index (κ2) is 5.07. The fourth-order valence-electron chi connectivity index (χ4n) is 2.26. The van der Waals surface area contributed by atoms with Crippen molar-refractivity contribution in [3.8, 4) is 11.5 Å². The van der Waals surface area contributed by atoms with E-state index in [2.05, 4.69) is 0 Å². The molecule has 0 N–H and O–H groups in total. The fraction of sp³-hybridized carbons (Fsp3) is 0.250. The van der Waals surface area contributed by atoms with Gasteiger partial charge >= 0.3 is 0 Å². The average Bonchev–Trinajstić information content (AvgIpc) is 2.79. The summed E-state index contributed by atoms with van der Waals surface area (Å²) in [5, 5.41) is 0. The predicted octanol–water partition coefficient (Wildman–Crippen LogP) is 2.74. The zero-order valence-electron chi connectivity index (χ0n) is 11.9. The van der Waals surface area contributed by atoms with Crippen molar-refractivity contribution in [3.05, 3.63) is 53.6 Å². The lowest BCUT2D eigenvalue weighted by Crippen LogP contribution is -2.20. The normalized spacial score (nSPS) is 17.0. The quantitative estimate of drug-likeness (QED) is 0.875. The molecular weight excluding hydrogens is 288 g/mol. The highest BCUT2D eigenvalue weighted by Crippen LogP contribution is 2.36. The second-order valence-corrected chi connectivity index (χ2v) is 7.25. The van der Waals surface area contributed by atoms with Gasteiger partial charge in [0.25, 0.3) is 0 Å². The summed E-state index contributed by atoms with van der Waals surface area (Å²) in [6, 6.07) is 12.6. The van der Waals surface area contributed by atoms with E-state index in [0.717, 1.165) is 22.6 Å². The first kappa shape index (κ1) is 13.9. The Labute approximate surface area is 124 Å². The van der Waals surface area contributed by atoms with Crippen LogP contribution < -0.4 is 9.47 Å². The Morgan fingerprint density at radius 1 is 1.00 bits per heavy atom. The van der Waals surface area contributed by atoms with E-state index in [4.69, 9.17) is 9.47 Å². The summed E-state index contributed by atoms with van der Waals surface area (Å²) in [6.07, 6.45) is 1.40. The van der Waals surface area contributed by atoms with Gasteiger partial charge in [-0.2, -0.15) is 0 Å². The van der Waals surface area contributed by atoms with Gasteiger partial charge in [-0.1, -0.05) is 18.2 Å². The van der Waals surface area contributed by atoms with Gasteiger partial charge in [0.05, 0.1) is 4.90 Å². The lowest BCUT2D eigenvalue weighted by Gasteiger charge is -2.10. The summed E-state index contributed by atoms with van der Waals surface area (Å²) >= 11 is 0. The maximum absolute atomic E-state index is 11.4. The van der Waals surface area contributed by atoms with E-state index in [9.17, 15) is 8.42 Å². The molecule has 3 rings (SSSR count). The van der Waals surface area contributed by atoms with Crippen LogP contribution in [0.2, 0.25) is 0 Å². The van der Waals surface area contributed by atoms with E-state index in [1.807, 2.05) is 25.1 Å². The molecule has 0 saturated heterocycles. The van der Waals surface area contributed by atoms with Crippen LogP contribution in [0.1, 0.15) is 11.1 Å². The molecule has 0 aromatic heterocycles. The highest BCUT2D eigenvalue weighted by molar-refractivity contribution is 7.90. The summed E-state index contributed by atoms with van der Waals surface area (Å²) in [6.45, 7) is 2.00. The third kappa shape index (κ3) is 3.03. The molecule has 1 aliphatic rings. The van der Waals surface area contributed by atoms with Gasteiger partial charge in [-0.15, -0.1) is 0 Å². The molecule has 1 heterocycles. The monoisotopic (exact) mass is 304 g/mol. The minimum Gasteiger partial charge on any atom is -0.451 e. The zero-order valence-corrected chi connectivity index (χ0v) is 12.7. The van der Waals surface area contributed by atoms with E-state index >= 15 is 0 Å². The van der Waals surface area contributed by atoms with E-state index in [1.54, 1.807) is 24.3 Å². The zero-order chi connectivity index (χ0) is 15.0. The van der Waals surface area contributed by atoms with Crippen molar-refractivity contribution in [2.45, 2.75) is 24.5 Å². The van der Waals surface area contributed by atoms with E-state index in [-0.39, 0.29) is 6.29 Å². The van der Waals surface area contributed by atoms with Crippen molar-refractivity contribution in [1.29, 1.82) is 0 Å². The van der Waals surface area contributed by atoms with Crippen LogP contribution in [0.25, 0.3) is 0 Å². The summed E-state index contributed by atoms with van der Waals surface area (Å²) < 4.78 is 34.3. The Kier molecular flexibility index (Phi) is 3.37. The van der Waals surface area contributed by atoms with Gasteiger partial charge in [0.15, 0.2) is 21.3 Å². The Morgan fingerprint density at radius 2 is 1.67 bits per heavy atom. The maximum atomic E-state index is 11.4. The molecule has 0 saturated carbocycles. The van der Waals surface area contributed by atoms with Crippen LogP contribution in [0.5, 0.6) is 11.5 Å². The largest absolute Gasteiger partial charge is 0.451 e. The van der Waals surface area contributed by atoms with Gasteiger partial charge in [0.1, 0.15) is 0 Å². The van der Waals surface area contributed by atoms with Crippen molar-refractivity contribution in [2.75, 3.05) is 6.26 Å². The number of hydrogen-bond acceptors (Lipinski definition) is 4. The molecule has 0 spiro atoms. The molecule has 5 heteroatoms. The van der Waals surface area contributed by atoms with E-state index in [1.165, 1.54) is 6.26 Å². The molecule has 1 unspecified atom stereocenters. The molecule has 1 atom stereocenters.